The molecule has 1 unspecified atom stereocenters. The first-order chi connectivity index (χ1) is 14.6. The molecule has 0 aliphatic carbocycles. The van der Waals surface area contributed by atoms with Crippen molar-refractivity contribution in [1.29, 1.82) is 0 Å². The molecule has 0 spiro atoms. The first-order valence-corrected chi connectivity index (χ1v) is 10.6. The van der Waals surface area contributed by atoms with Gasteiger partial charge in [-0.3, -0.25) is 9.78 Å². The maximum atomic E-state index is 12.9. The van der Waals surface area contributed by atoms with E-state index >= 15 is 0 Å². The fourth-order valence-corrected chi connectivity index (χ4v) is 4.52. The summed E-state index contributed by atoms with van der Waals surface area (Å²) < 4.78 is 0. The van der Waals surface area contributed by atoms with E-state index in [2.05, 4.69) is 29.5 Å². The summed E-state index contributed by atoms with van der Waals surface area (Å²) >= 11 is 1.61. The molecule has 150 valence electrons. The minimum absolute atomic E-state index is 0.105. The molecule has 0 fully saturated rings. The Morgan fingerprint density at radius 3 is 2.20 bits per heavy atom. The summed E-state index contributed by atoms with van der Waals surface area (Å²) in [6, 6.07) is 23.3. The highest BCUT2D eigenvalue weighted by Gasteiger charge is 2.24. The Kier molecular flexibility index (Phi) is 5.91. The monoisotopic (exact) mass is 413 g/mol. The number of hydrogen-bond donors (Lipinski definition) is 2. The lowest BCUT2D eigenvalue weighted by Gasteiger charge is -2.23. The number of carbonyl (C=O) groups is 1. The van der Waals surface area contributed by atoms with Crippen molar-refractivity contribution in [1.82, 2.24) is 4.98 Å². The van der Waals surface area contributed by atoms with Crippen LogP contribution in [-0.4, -0.2) is 10.9 Å². The van der Waals surface area contributed by atoms with E-state index in [-0.39, 0.29) is 11.9 Å². The van der Waals surface area contributed by atoms with Crippen LogP contribution in [0, 0.1) is 13.8 Å². The zero-order chi connectivity index (χ0) is 20.9. The van der Waals surface area contributed by atoms with Crippen LogP contribution >= 0.6 is 11.3 Å². The van der Waals surface area contributed by atoms with E-state index in [0.717, 1.165) is 21.8 Å². The molecule has 0 saturated heterocycles. The molecule has 30 heavy (non-hydrogen) atoms. The number of nitrogens with zero attached hydrogens (tertiary/aromatic N) is 1. The van der Waals surface area contributed by atoms with Gasteiger partial charge in [0.05, 0.1) is 6.04 Å². The molecule has 0 radical (unpaired) electrons. The maximum absolute atomic E-state index is 12.9. The second-order valence-corrected chi connectivity index (χ2v) is 8.29. The number of anilines is 2. The lowest BCUT2D eigenvalue weighted by Crippen LogP contribution is -2.17. The zero-order valence-electron chi connectivity index (χ0n) is 16.9. The minimum Gasteiger partial charge on any atom is -0.374 e. The molecule has 4 nitrogen and oxygen atoms in total. The van der Waals surface area contributed by atoms with Gasteiger partial charge >= 0.3 is 0 Å². The number of hydrogen-bond acceptors (Lipinski definition) is 4. The van der Waals surface area contributed by atoms with Gasteiger partial charge in [-0.2, -0.15) is 0 Å². The summed E-state index contributed by atoms with van der Waals surface area (Å²) in [5.74, 6) is -0.105. The summed E-state index contributed by atoms with van der Waals surface area (Å²) in [6.45, 7) is 4.20. The number of para-hydroxylation sites is 1. The fraction of sp³-hybridized carbons (Fsp3) is 0.120. The molecule has 4 aromatic rings. The topological polar surface area (TPSA) is 54.0 Å². The Balaban J connectivity index is 1.76. The number of benzene rings is 2. The Bertz CT molecular complexity index is 1130. The molecule has 0 aliphatic heterocycles. The average molecular weight is 414 g/mol. The third-order valence-corrected chi connectivity index (χ3v) is 6.25. The van der Waals surface area contributed by atoms with Gasteiger partial charge in [0.15, 0.2) is 0 Å². The molecule has 2 aromatic carbocycles. The Morgan fingerprint density at radius 2 is 1.53 bits per heavy atom. The Morgan fingerprint density at radius 1 is 0.900 bits per heavy atom. The second kappa shape index (κ2) is 8.93. The summed E-state index contributed by atoms with van der Waals surface area (Å²) in [5.41, 5.74) is 5.00. The van der Waals surface area contributed by atoms with Gasteiger partial charge in [-0.15, -0.1) is 11.3 Å². The van der Waals surface area contributed by atoms with Gasteiger partial charge in [0.2, 0.25) is 0 Å². The number of pyridine rings is 1. The van der Waals surface area contributed by atoms with E-state index in [4.69, 9.17) is 0 Å². The van der Waals surface area contributed by atoms with E-state index < -0.39 is 0 Å². The molecular formula is C25H23N3OS. The normalized spacial score (nSPS) is 11.7. The lowest BCUT2D eigenvalue weighted by atomic mass is 9.96. The molecule has 2 aromatic heterocycles. The molecule has 2 N–H and O–H groups in total. The van der Waals surface area contributed by atoms with Crippen molar-refractivity contribution in [3.05, 3.63) is 112 Å². The molecule has 0 saturated carbocycles. The van der Waals surface area contributed by atoms with E-state index in [1.165, 1.54) is 10.4 Å². The molecule has 5 heteroatoms. The van der Waals surface area contributed by atoms with Crippen LogP contribution in [0.4, 0.5) is 10.7 Å². The van der Waals surface area contributed by atoms with Crippen LogP contribution in [0.2, 0.25) is 0 Å². The van der Waals surface area contributed by atoms with Gasteiger partial charge < -0.3 is 10.6 Å². The highest BCUT2D eigenvalue weighted by atomic mass is 32.1. The van der Waals surface area contributed by atoms with Crippen molar-refractivity contribution in [2.45, 2.75) is 19.9 Å². The molecule has 1 atom stereocenters. The van der Waals surface area contributed by atoms with E-state index in [0.29, 0.717) is 5.56 Å². The van der Waals surface area contributed by atoms with Gasteiger partial charge in [-0.1, -0.05) is 36.4 Å². The number of amides is 1. The van der Waals surface area contributed by atoms with Crippen molar-refractivity contribution >= 4 is 27.9 Å². The van der Waals surface area contributed by atoms with Crippen molar-refractivity contribution in [2.75, 3.05) is 10.6 Å². The number of rotatable bonds is 6. The van der Waals surface area contributed by atoms with Crippen LogP contribution in [0.1, 0.15) is 38.0 Å². The number of aromatic nitrogens is 1. The Labute approximate surface area is 180 Å². The van der Waals surface area contributed by atoms with Crippen LogP contribution in [0.3, 0.4) is 0 Å². The van der Waals surface area contributed by atoms with E-state index in [1.807, 2.05) is 72.8 Å². The van der Waals surface area contributed by atoms with Crippen LogP contribution in [-0.2, 0) is 0 Å². The average Bonchev–Trinajstić information content (AvgIpc) is 3.07. The molecule has 0 aliphatic rings. The summed E-state index contributed by atoms with van der Waals surface area (Å²) in [7, 11) is 0. The zero-order valence-corrected chi connectivity index (χ0v) is 17.7. The van der Waals surface area contributed by atoms with Crippen molar-refractivity contribution in [3.8, 4) is 0 Å². The largest absolute Gasteiger partial charge is 0.374 e. The Hall–Kier alpha value is -3.44. The quantitative estimate of drug-likeness (QED) is 0.395. The van der Waals surface area contributed by atoms with Crippen molar-refractivity contribution in [2.24, 2.45) is 0 Å². The van der Waals surface area contributed by atoms with Crippen LogP contribution in [0.15, 0.2) is 85.2 Å². The number of thiophene rings is 1. The first kappa shape index (κ1) is 19.9. The van der Waals surface area contributed by atoms with Gasteiger partial charge in [-0.25, -0.2) is 0 Å². The van der Waals surface area contributed by atoms with Crippen molar-refractivity contribution in [3.63, 3.8) is 0 Å². The number of carbonyl (C=O) groups excluding carboxylic acids is 1. The fourth-order valence-electron chi connectivity index (χ4n) is 3.43. The smallest absolute Gasteiger partial charge is 0.256 e. The molecule has 4 rings (SSSR count). The standard InChI is InChI=1S/C25H23N3OS/c1-17-18(2)30-25(28-24(29)20-9-5-3-6-10-20)22(17)23(19-13-15-26-16-14-19)27-21-11-7-4-8-12-21/h3-16,23,27H,1-2H3,(H,28,29). The highest BCUT2D eigenvalue weighted by Crippen LogP contribution is 2.41. The third-order valence-electron chi connectivity index (χ3n) is 5.11. The lowest BCUT2D eigenvalue weighted by molar-refractivity contribution is 0.102. The van der Waals surface area contributed by atoms with Gasteiger partial charge in [0, 0.05) is 34.1 Å². The third kappa shape index (κ3) is 4.26. The second-order valence-electron chi connectivity index (χ2n) is 7.07. The summed E-state index contributed by atoms with van der Waals surface area (Å²) in [5, 5.41) is 7.66. The molecular weight excluding hydrogens is 390 g/mol. The van der Waals surface area contributed by atoms with E-state index in [9.17, 15) is 4.79 Å². The van der Waals surface area contributed by atoms with Gasteiger partial charge in [0.25, 0.3) is 5.91 Å². The predicted molar refractivity (Wildman–Crippen MR) is 124 cm³/mol. The number of nitrogens with one attached hydrogen (secondary N) is 2. The predicted octanol–water partition coefficient (Wildman–Crippen LogP) is 6.21. The van der Waals surface area contributed by atoms with Gasteiger partial charge in [0.1, 0.15) is 5.00 Å². The van der Waals surface area contributed by atoms with Crippen LogP contribution in [0.5, 0.6) is 0 Å². The SMILES string of the molecule is Cc1sc(NC(=O)c2ccccc2)c(C(Nc2ccccc2)c2ccncc2)c1C. The summed E-state index contributed by atoms with van der Waals surface area (Å²) in [4.78, 5) is 18.2. The first-order valence-electron chi connectivity index (χ1n) is 9.81. The molecule has 1 amide bonds. The maximum Gasteiger partial charge on any atom is 0.256 e. The van der Waals surface area contributed by atoms with Gasteiger partial charge in [-0.05, 0) is 61.4 Å². The minimum atomic E-state index is -0.119. The molecule has 2 heterocycles. The molecule has 0 bridgehead atoms. The number of aryl methyl sites for hydroxylation is 1. The highest BCUT2D eigenvalue weighted by molar-refractivity contribution is 7.16. The van der Waals surface area contributed by atoms with Crippen LogP contribution < -0.4 is 10.6 Å². The van der Waals surface area contributed by atoms with Crippen molar-refractivity contribution < 1.29 is 4.79 Å². The van der Waals surface area contributed by atoms with E-state index in [1.54, 1.807) is 23.7 Å². The summed E-state index contributed by atoms with van der Waals surface area (Å²) in [6.07, 6.45) is 3.59. The van der Waals surface area contributed by atoms with Crippen LogP contribution in [0.25, 0.3) is 0 Å².